The number of aliphatic hydroxyl groups excluding tert-OH is 1. The van der Waals surface area contributed by atoms with Gasteiger partial charge < -0.3 is 5.11 Å². The fourth-order valence-electron chi connectivity index (χ4n) is 1.86. The molecule has 2 nitrogen and oxygen atoms in total. The third-order valence-corrected chi connectivity index (χ3v) is 2.64. The van der Waals surface area contributed by atoms with Crippen molar-refractivity contribution in [3.8, 4) is 6.07 Å². The van der Waals surface area contributed by atoms with Gasteiger partial charge in [-0.1, -0.05) is 19.3 Å². The largest absolute Gasteiger partial charge is 0.396 e. The number of nitrogens with zero attached hydrogens (tertiary/aromatic N) is 1. The van der Waals surface area contributed by atoms with Gasteiger partial charge in [0.15, 0.2) is 0 Å². The lowest BCUT2D eigenvalue weighted by Gasteiger charge is -2.29. The Labute approximate surface area is 67.8 Å². The summed E-state index contributed by atoms with van der Waals surface area (Å²) in [7, 11) is 0. The Kier molecular flexibility index (Phi) is 2.90. The molecule has 0 aliphatic heterocycles. The summed E-state index contributed by atoms with van der Waals surface area (Å²) in [4.78, 5) is 0. The van der Waals surface area contributed by atoms with E-state index in [9.17, 15) is 0 Å². The highest BCUT2D eigenvalue weighted by Crippen LogP contribution is 2.38. The maximum absolute atomic E-state index is 8.91. The molecule has 1 rings (SSSR count). The second kappa shape index (κ2) is 3.73. The molecule has 0 spiro atoms. The van der Waals surface area contributed by atoms with Crippen LogP contribution in [-0.4, -0.2) is 11.7 Å². The molecule has 62 valence electrons. The molecule has 0 heterocycles. The lowest BCUT2D eigenvalue weighted by molar-refractivity contribution is 0.181. The van der Waals surface area contributed by atoms with Gasteiger partial charge in [-0.2, -0.15) is 5.26 Å². The van der Waals surface area contributed by atoms with E-state index in [1.165, 1.54) is 6.42 Å². The minimum Gasteiger partial charge on any atom is -0.396 e. The van der Waals surface area contributed by atoms with Crippen LogP contribution < -0.4 is 0 Å². The summed E-state index contributed by atoms with van der Waals surface area (Å²) in [5.74, 6) is 0. The van der Waals surface area contributed by atoms with Gasteiger partial charge in [0.2, 0.25) is 0 Å². The zero-order valence-electron chi connectivity index (χ0n) is 6.84. The van der Waals surface area contributed by atoms with Gasteiger partial charge >= 0.3 is 0 Å². The van der Waals surface area contributed by atoms with Crippen LogP contribution in [-0.2, 0) is 0 Å². The molecule has 0 saturated heterocycles. The fraction of sp³-hybridized carbons (Fsp3) is 0.889. The van der Waals surface area contributed by atoms with Crippen LogP contribution >= 0.6 is 0 Å². The van der Waals surface area contributed by atoms with Crippen LogP contribution in [0.25, 0.3) is 0 Å². The summed E-state index contributed by atoms with van der Waals surface area (Å²) in [5, 5.41) is 17.7. The maximum atomic E-state index is 8.91. The predicted octanol–water partition coefficient (Wildman–Crippen LogP) is 1.84. The summed E-state index contributed by atoms with van der Waals surface area (Å²) in [6.45, 7) is 0.160. The lowest BCUT2D eigenvalue weighted by Crippen LogP contribution is -2.23. The van der Waals surface area contributed by atoms with Crippen LogP contribution in [0.5, 0.6) is 0 Å². The smallest absolute Gasteiger partial charge is 0.0690 e. The van der Waals surface area contributed by atoms with E-state index in [2.05, 4.69) is 6.07 Å². The van der Waals surface area contributed by atoms with Crippen molar-refractivity contribution in [2.24, 2.45) is 5.41 Å². The Morgan fingerprint density at radius 1 is 1.27 bits per heavy atom. The third kappa shape index (κ3) is 1.94. The first-order valence-corrected chi connectivity index (χ1v) is 4.35. The Morgan fingerprint density at radius 2 is 1.91 bits per heavy atom. The second-order valence-corrected chi connectivity index (χ2v) is 3.43. The van der Waals surface area contributed by atoms with Crippen molar-refractivity contribution >= 4 is 0 Å². The zero-order valence-corrected chi connectivity index (χ0v) is 6.84. The average Bonchev–Trinajstić information content (AvgIpc) is 2.07. The number of rotatable bonds is 2. The third-order valence-electron chi connectivity index (χ3n) is 2.64. The topological polar surface area (TPSA) is 44.0 Å². The molecule has 11 heavy (non-hydrogen) atoms. The quantitative estimate of drug-likeness (QED) is 0.657. The van der Waals surface area contributed by atoms with E-state index < -0.39 is 0 Å². The SMILES string of the molecule is N#CC1(CCO)CCCCC1. The number of hydrogen-bond acceptors (Lipinski definition) is 2. The lowest BCUT2D eigenvalue weighted by atomic mass is 9.73. The molecule has 1 fully saturated rings. The summed E-state index contributed by atoms with van der Waals surface area (Å²) in [5.41, 5.74) is -0.174. The van der Waals surface area contributed by atoms with Gasteiger partial charge in [-0.25, -0.2) is 0 Å². The van der Waals surface area contributed by atoms with Crippen molar-refractivity contribution < 1.29 is 5.11 Å². The monoisotopic (exact) mass is 153 g/mol. The Bertz CT molecular complexity index is 148. The summed E-state index contributed by atoms with van der Waals surface area (Å²) in [6.07, 6.45) is 6.23. The van der Waals surface area contributed by atoms with Crippen LogP contribution in [0.1, 0.15) is 38.5 Å². The minimum atomic E-state index is -0.174. The first kappa shape index (κ1) is 8.55. The molecule has 0 aromatic carbocycles. The normalized spacial score (nSPS) is 22.5. The molecule has 0 atom stereocenters. The van der Waals surface area contributed by atoms with Crippen molar-refractivity contribution in [3.05, 3.63) is 0 Å². The second-order valence-electron chi connectivity index (χ2n) is 3.43. The van der Waals surface area contributed by atoms with Crippen molar-refractivity contribution in [1.29, 1.82) is 5.26 Å². The Hall–Kier alpha value is -0.550. The molecule has 0 amide bonds. The molecule has 1 saturated carbocycles. The Balaban J connectivity index is 2.51. The number of hydrogen-bond donors (Lipinski definition) is 1. The van der Waals surface area contributed by atoms with Gasteiger partial charge in [-0.3, -0.25) is 0 Å². The van der Waals surface area contributed by atoms with Gasteiger partial charge in [-0.05, 0) is 19.3 Å². The predicted molar refractivity (Wildman–Crippen MR) is 42.8 cm³/mol. The molecular formula is C9H15NO. The summed E-state index contributed by atoms with van der Waals surface area (Å²) in [6, 6.07) is 2.36. The van der Waals surface area contributed by atoms with Crippen molar-refractivity contribution in [2.75, 3.05) is 6.61 Å². The van der Waals surface area contributed by atoms with Crippen LogP contribution in [0, 0.1) is 16.7 Å². The maximum Gasteiger partial charge on any atom is 0.0690 e. The molecule has 0 aromatic rings. The van der Waals surface area contributed by atoms with Gasteiger partial charge in [0.05, 0.1) is 11.5 Å². The fourth-order valence-corrected chi connectivity index (χ4v) is 1.86. The Morgan fingerprint density at radius 3 is 2.36 bits per heavy atom. The minimum absolute atomic E-state index is 0.160. The molecule has 0 bridgehead atoms. The van der Waals surface area contributed by atoms with Crippen molar-refractivity contribution in [2.45, 2.75) is 38.5 Å². The standard InChI is InChI=1S/C9H15NO/c10-8-9(6-7-11)4-2-1-3-5-9/h11H,1-7H2. The average molecular weight is 153 g/mol. The van der Waals surface area contributed by atoms with Crippen LogP contribution in [0.3, 0.4) is 0 Å². The molecule has 0 unspecified atom stereocenters. The van der Waals surface area contributed by atoms with Crippen LogP contribution in [0.4, 0.5) is 0 Å². The van der Waals surface area contributed by atoms with Crippen LogP contribution in [0.2, 0.25) is 0 Å². The molecule has 1 aliphatic rings. The van der Waals surface area contributed by atoms with Gasteiger partial charge in [0, 0.05) is 6.61 Å². The van der Waals surface area contributed by atoms with Crippen LogP contribution in [0.15, 0.2) is 0 Å². The molecule has 1 N–H and O–H groups in total. The van der Waals surface area contributed by atoms with E-state index in [0.717, 1.165) is 25.7 Å². The van der Waals surface area contributed by atoms with E-state index in [0.29, 0.717) is 6.42 Å². The molecule has 1 aliphatic carbocycles. The molecule has 0 radical (unpaired) electrons. The number of aliphatic hydroxyl groups is 1. The summed E-state index contributed by atoms with van der Waals surface area (Å²) >= 11 is 0. The van der Waals surface area contributed by atoms with Gasteiger partial charge in [0.25, 0.3) is 0 Å². The highest BCUT2D eigenvalue weighted by molar-refractivity contribution is 5.00. The van der Waals surface area contributed by atoms with E-state index in [1.54, 1.807) is 0 Å². The first-order chi connectivity index (χ1) is 5.33. The zero-order chi connectivity index (χ0) is 8.16. The molecular weight excluding hydrogens is 138 g/mol. The highest BCUT2D eigenvalue weighted by atomic mass is 16.3. The van der Waals surface area contributed by atoms with Crippen molar-refractivity contribution in [1.82, 2.24) is 0 Å². The summed E-state index contributed by atoms with van der Waals surface area (Å²) < 4.78 is 0. The first-order valence-electron chi connectivity index (χ1n) is 4.35. The van der Waals surface area contributed by atoms with E-state index >= 15 is 0 Å². The van der Waals surface area contributed by atoms with E-state index in [-0.39, 0.29) is 12.0 Å². The van der Waals surface area contributed by atoms with E-state index in [4.69, 9.17) is 10.4 Å². The highest BCUT2D eigenvalue weighted by Gasteiger charge is 2.30. The van der Waals surface area contributed by atoms with Crippen molar-refractivity contribution in [3.63, 3.8) is 0 Å². The van der Waals surface area contributed by atoms with Gasteiger partial charge in [0.1, 0.15) is 0 Å². The van der Waals surface area contributed by atoms with Gasteiger partial charge in [-0.15, -0.1) is 0 Å². The molecule has 0 aromatic heterocycles. The molecule has 2 heteroatoms. The van der Waals surface area contributed by atoms with E-state index in [1.807, 2.05) is 0 Å². The number of nitriles is 1.